The van der Waals surface area contributed by atoms with Gasteiger partial charge in [0.15, 0.2) is 0 Å². The fourth-order valence-corrected chi connectivity index (χ4v) is 5.93. The second kappa shape index (κ2) is 14.4. The van der Waals surface area contributed by atoms with Crippen LogP contribution in [-0.4, -0.2) is 55.3 Å². The zero-order valence-corrected chi connectivity index (χ0v) is 22.9. The van der Waals surface area contributed by atoms with Gasteiger partial charge in [0, 0.05) is 13.7 Å². The molecule has 37 heavy (non-hydrogen) atoms. The number of nitrogens with one attached hydrogen (secondary N) is 2. The highest BCUT2D eigenvalue weighted by atomic mass is 31.2. The molecule has 0 aromatic heterocycles. The molecule has 0 spiro atoms. The van der Waals surface area contributed by atoms with Gasteiger partial charge < -0.3 is 29.2 Å². The quantitative estimate of drug-likeness (QED) is 0.227. The van der Waals surface area contributed by atoms with Crippen LogP contribution < -0.4 is 14.9 Å². The van der Waals surface area contributed by atoms with Crippen molar-refractivity contribution in [2.45, 2.75) is 78.0 Å². The average molecular weight is 543 g/mol. The molecule has 1 aromatic carbocycles. The van der Waals surface area contributed by atoms with E-state index in [9.17, 15) is 24.1 Å². The number of hydrogen-bond donors (Lipinski definition) is 3. The van der Waals surface area contributed by atoms with E-state index in [2.05, 4.69) is 10.4 Å². The standard InChI is InChI=1S/C25H39N2O9P/c1-18(2)35-23(30)19(3)27-37(32,17-33-4)36-21-10-8-20(9-11-21)15-34-24(31)26-16-25(14-22(28)29)12-6-5-7-13-25/h8-11,18-19H,5-7,12-17H2,1-4H3,(H,26,31)(H,27,32)(H,28,29). The number of methoxy groups -OCH3 is 1. The van der Waals surface area contributed by atoms with E-state index in [0.29, 0.717) is 5.56 Å². The van der Waals surface area contributed by atoms with Crippen molar-refractivity contribution in [3.05, 3.63) is 29.8 Å². The Morgan fingerprint density at radius 3 is 2.30 bits per heavy atom. The monoisotopic (exact) mass is 542 g/mol. The number of benzene rings is 1. The van der Waals surface area contributed by atoms with Gasteiger partial charge in [-0.1, -0.05) is 31.4 Å². The minimum atomic E-state index is -3.59. The summed E-state index contributed by atoms with van der Waals surface area (Å²) in [6.45, 7) is 5.22. The highest BCUT2D eigenvalue weighted by Crippen LogP contribution is 2.43. The van der Waals surface area contributed by atoms with E-state index in [1.165, 1.54) is 14.0 Å². The summed E-state index contributed by atoms with van der Waals surface area (Å²) in [5.41, 5.74) is 0.235. The molecule has 2 unspecified atom stereocenters. The number of esters is 1. The molecular formula is C25H39N2O9P. The Hall–Kier alpha value is -2.62. The maximum absolute atomic E-state index is 13.2. The lowest BCUT2D eigenvalue weighted by Gasteiger charge is -2.36. The number of alkyl carbamates (subject to hydrolysis) is 1. The van der Waals surface area contributed by atoms with Crippen molar-refractivity contribution in [1.82, 2.24) is 10.4 Å². The van der Waals surface area contributed by atoms with Gasteiger partial charge in [0.25, 0.3) is 0 Å². The summed E-state index contributed by atoms with van der Waals surface area (Å²) in [4.78, 5) is 35.6. The van der Waals surface area contributed by atoms with Crippen molar-refractivity contribution in [2.24, 2.45) is 5.41 Å². The van der Waals surface area contributed by atoms with Gasteiger partial charge in [0.2, 0.25) is 0 Å². The lowest BCUT2D eigenvalue weighted by atomic mass is 9.72. The van der Waals surface area contributed by atoms with Crippen molar-refractivity contribution < 1.29 is 42.8 Å². The summed E-state index contributed by atoms with van der Waals surface area (Å²) in [6, 6.07) is 5.58. The molecule has 0 heterocycles. The van der Waals surface area contributed by atoms with Crippen LogP contribution in [0.15, 0.2) is 24.3 Å². The number of ether oxygens (including phenoxy) is 3. The topological polar surface area (TPSA) is 149 Å². The summed E-state index contributed by atoms with van der Waals surface area (Å²) >= 11 is 0. The molecule has 11 nitrogen and oxygen atoms in total. The fourth-order valence-electron chi connectivity index (χ4n) is 4.26. The highest BCUT2D eigenvalue weighted by Gasteiger charge is 2.35. The van der Waals surface area contributed by atoms with Gasteiger partial charge >= 0.3 is 25.6 Å². The summed E-state index contributed by atoms with van der Waals surface area (Å²) in [5, 5.41) is 14.7. The highest BCUT2D eigenvalue weighted by molar-refractivity contribution is 7.57. The Bertz CT molecular complexity index is 946. The zero-order chi connectivity index (χ0) is 27.5. The van der Waals surface area contributed by atoms with Gasteiger partial charge in [-0.3, -0.25) is 14.2 Å². The number of carboxylic acid groups (broad SMARTS) is 1. The molecule has 2 atom stereocenters. The Labute approximate surface area is 218 Å². The first kappa shape index (κ1) is 30.6. The van der Waals surface area contributed by atoms with Gasteiger partial charge in [-0.05, 0) is 56.7 Å². The normalized spacial score (nSPS) is 17.3. The first-order valence-electron chi connectivity index (χ1n) is 12.4. The molecule has 1 saturated carbocycles. The van der Waals surface area contributed by atoms with E-state index in [1.807, 2.05) is 0 Å². The number of amides is 1. The van der Waals surface area contributed by atoms with Crippen LogP contribution in [0.25, 0.3) is 0 Å². The van der Waals surface area contributed by atoms with Crippen molar-refractivity contribution in [1.29, 1.82) is 0 Å². The number of aliphatic carboxylic acids is 1. The van der Waals surface area contributed by atoms with Crippen molar-refractivity contribution in [2.75, 3.05) is 20.0 Å². The lowest BCUT2D eigenvalue weighted by molar-refractivity contribution is -0.149. The summed E-state index contributed by atoms with van der Waals surface area (Å²) in [7, 11) is -2.22. The SMILES string of the molecule is COCP(=O)(NC(C)C(=O)OC(C)C)Oc1ccc(COC(=O)NCC2(CC(=O)O)CCCCC2)cc1. The molecule has 0 saturated heterocycles. The van der Waals surface area contributed by atoms with Crippen molar-refractivity contribution in [3.8, 4) is 5.75 Å². The van der Waals surface area contributed by atoms with Crippen molar-refractivity contribution >= 4 is 25.6 Å². The van der Waals surface area contributed by atoms with Crippen LogP contribution >= 0.6 is 7.52 Å². The van der Waals surface area contributed by atoms with Crippen LogP contribution in [0.5, 0.6) is 5.75 Å². The first-order valence-corrected chi connectivity index (χ1v) is 14.2. The number of rotatable bonds is 14. The Kier molecular flexibility index (Phi) is 11.9. The molecule has 3 N–H and O–H groups in total. The van der Waals surface area contributed by atoms with E-state index in [1.54, 1.807) is 38.1 Å². The van der Waals surface area contributed by atoms with Gasteiger partial charge in [0.1, 0.15) is 24.7 Å². The molecule has 12 heteroatoms. The lowest BCUT2D eigenvalue weighted by Crippen LogP contribution is -2.40. The summed E-state index contributed by atoms with van der Waals surface area (Å²) in [6.07, 6.45) is 3.33. The number of carboxylic acids is 1. The van der Waals surface area contributed by atoms with Gasteiger partial charge in [-0.2, -0.15) is 0 Å². The predicted octanol–water partition coefficient (Wildman–Crippen LogP) is 4.44. The second-order valence-electron chi connectivity index (χ2n) is 9.72. The van der Waals surface area contributed by atoms with Crippen LogP contribution in [0.2, 0.25) is 0 Å². The van der Waals surface area contributed by atoms with E-state index in [-0.39, 0.29) is 37.8 Å². The smallest absolute Gasteiger partial charge is 0.407 e. The zero-order valence-electron chi connectivity index (χ0n) is 22.0. The molecule has 0 radical (unpaired) electrons. The van der Waals surface area contributed by atoms with Gasteiger partial charge in [-0.15, -0.1) is 0 Å². The van der Waals surface area contributed by atoms with E-state index < -0.39 is 37.0 Å². The Morgan fingerprint density at radius 1 is 1.08 bits per heavy atom. The fraction of sp³-hybridized carbons (Fsp3) is 0.640. The number of hydrogen-bond acceptors (Lipinski definition) is 8. The maximum atomic E-state index is 13.2. The third-order valence-corrected chi connectivity index (χ3v) is 7.87. The molecule has 1 aliphatic carbocycles. The minimum Gasteiger partial charge on any atom is -0.481 e. The molecule has 2 rings (SSSR count). The largest absolute Gasteiger partial charge is 0.481 e. The predicted molar refractivity (Wildman–Crippen MR) is 136 cm³/mol. The van der Waals surface area contributed by atoms with Gasteiger partial charge in [-0.25, -0.2) is 9.88 Å². The maximum Gasteiger partial charge on any atom is 0.407 e. The molecular weight excluding hydrogens is 503 g/mol. The number of carbonyl (C=O) groups excluding carboxylic acids is 2. The van der Waals surface area contributed by atoms with Crippen LogP contribution in [-0.2, 0) is 35.0 Å². The Morgan fingerprint density at radius 2 is 1.73 bits per heavy atom. The van der Waals surface area contributed by atoms with Crippen LogP contribution in [0, 0.1) is 5.41 Å². The molecule has 0 bridgehead atoms. The van der Waals surface area contributed by atoms with Crippen LogP contribution in [0.1, 0.15) is 64.9 Å². The molecule has 1 aliphatic rings. The average Bonchev–Trinajstić information content (AvgIpc) is 2.82. The van der Waals surface area contributed by atoms with E-state index >= 15 is 0 Å². The second-order valence-corrected chi connectivity index (χ2v) is 11.8. The molecule has 208 valence electrons. The first-order chi connectivity index (χ1) is 17.5. The molecule has 1 fully saturated rings. The van der Waals surface area contributed by atoms with Crippen LogP contribution in [0.4, 0.5) is 4.79 Å². The summed E-state index contributed by atoms with van der Waals surface area (Å²) < 4.78 is 34.3. The summed E-state index contributed by atoms with van der Waals surface area (Å²) in [5.74, 6) is -1.15. The minimum absolute atomic E-state index is 0.00982. The van der Waals surface area contributed by atoms with E-state index in [0.717, 1.165) is 32.1 Å². The van der Waals surface area contributed by atoms with Gasteiger partial charge in [0.05, 0.1) is 12.5 Å². The number of carbonyl (C=O) groups is 3. The van der Waals surface area contributed by atoms with Crippen molar-refractivity contribution in [3.63, 3.8) is 0 Å². The van der Waals surface area contributed by atoms with E-state index in [4.69, 9.17) is 18.7 Å². The third kappa shape index (κ3) is 10.7. The third-order valence-electron chi connectivity index (χ3n) is 5.99. The molecule has 0 aliphatic heterocycles. The molecule has 1 aromatic rings. The Balaban J connectivity index is 1.89. The van der Waals surface area contributed by atoms with Crippen LogP contribution in [0.3, 0.4) is 0 Å². The molecule has 1 amide bonds.